The summed E-state index contributed by atoms with van der Waals surface area (Å²) in [6.07, 6.45) is 0.734. The minimum absolute atomic E-state index is 0.186. The Morgan fingerprint density at radius 3 is 2.59 bits per heavy atom. The van der Waals surface area contributed by atoms with E-state index < -0.39 is 17.7 Å². The molecule has 0 radical (unpaired) electrons. The molecular formula is C22H26O5. The molecule has 2 saturated heterocycles. The molecule has 1 saturated carbocycles. The van der Waals surface area contributed by atoms with E-state index in [4.69, 9.17) is 18.9 Å². The topological polar surface area (TPSA) is 57.2 Å². The highest BCUT2D eigenvalue weighted by atomic mass is 16.8. The van der Waals surface area contributed by atoms with Gasteiger partial charge in [-0.05, 0) is 55.0 Å². The van der Waals surface area contributed by atoms with E-state index in [1.54, 1.807) is 0 Å². The van der Waals surface area contributed by atoms with Crippen LogP contribution < -0.4 is 0 Å². The summed E-state index contributed by atoms with van der Waals surface area (Å²) in [6, 6.07) is 14.7. The van der Waals surface area contributed by atoms with Crippen LogP contribution in [0.5, 0.6) is 0 Å². The highest BCUT2D eigenvalue weighted by Crippen LogP contribution is 2.54. The zero-order valence-electron chi connectivity index (χ0n) is 15.8. The van der Waals surface area contributed by atoms with Gasteiger partial charge in [0.1, 0.15) is 17.8 Å². The van der Waals surface area contributed by atoms with Crippen molar-refractivity contribution in [2.24, 2.45) is 5.92 Å². The number of aliphatic hydroxyl groups is 1. The highest BCUT2D eigenvalue weighted by Gasteiger charge is 2.66. The van der Waals surface area contributed by atoms with Crippen LogP contribution in [0, 0.1) is 5.92 Å². The second-order valence-corrected chi connectivity index (χ2v) is 8.52. The maximum atomic E-state index is 9.45. The van der Waals surface area contributed by atoms with Gasteiger partial charge in [-0.1, -0.05) is 36.4 Å². The van der Waals surface area contributed by atoms with E-state index in [2.05, 4.69) is 30.3 Å². The van der Waals surface area contributed by atoms with Gasteiger partial charge in [-0.25, -0.2) is 0 Å². The third kappa shape index (κ3) is 2.98. The van der Waals surface area contributed by atoms with Crippen LogP contribution >= 0.6 is 0 Å². The monoisotopic (exact) mass is 370 g/mol. The molecule has 3 aliphatic rings. The van der Waals surface area contributed by atoms with Crippen molar-refractivity contribution >= 4 is 10.8 Å². The molecule has 0 unspecified atom stereocenters. The minimum atomic E-state index is -0.665. The summed E-state index contributed by atoms with van der Waals surface area (Å²) in [7, 11) is 0. The van der Waals surface area contributed by atoms with Crippen molar-refractivity contribution in [3.8, 4) is 0 Å². The SMILES string of the molecule is CC1(C)O[C@H]2OC3(CC(CO)C3)[C@@H](OCc3ccc4ccccc4c3)[C@H]2O1. The summed E-state index contributed by atoms with van der Waals surface area (Å²) in [5.74, 6) is -0.398. The van der Waals surface area contributed by atoms with Crippen molar-refractivity contribution in [1.29, 1.82) is 0 Å². The standard InChI is InChI=1S/C22H26O5/c1-21(2)25-18-19(22(27-20(18)26-21)10-15(11-22)12-23)24-13-14-7-8-16-5-3-4-6-17(16)9-14/h3-9,15,18-20,23H,10-13H2,1-2H3/t15?,18-,19+,20+,22?/m1/s1. The molecule has 2 aromatic rings. The molecule has 2 aliphatic heterocycles. The van der Waals surface area contributed by atoms with E-state index in [1.807, 2.05) is 26.0 Å². The van der Waals surface area contributed by atoms with Crippen molar-refractivity contribution < 1.29 is 24.1 Å². The fourth-order valence-electron chi connectivity index (χ4n) is 4.79. The molecule has 2 heterocycles. The largest absolute Gasteiger partial charge is 0.396 e. The third-order valence-electron chi connectivity index (χ3n) is 6.03. The van der Waals surface area contributed by atoms with Crippen LogP contribution in [-0.2, 0) is 25.6 Å². The van der Waals surface area contributed by atoms with Crippen LogP contribution in [0.4, 0.5) is 0 Å². The normalized spacial score (nSPS) is 36.9. The van der Waals surface area contributed by atoms with Crippen LogP contribution in [-0.4, -0.2) is 41.6 Å². The molecule has 5 rings (SSSR count). The summed E-state index contributed by atoms with van der Waals surface area (Å²) in [4.78, 5) is 0. The number of fused-ring (bicyclic) bond motifs is 2. The van der Waals surface area contributed by atoms with Gasteiger partial charge in [0.2, 0.25) is 0 Å². The molecule has 3 fully saturated rings. The molecule has 0 aromatic heterocycles. The summed E-state index contributed by atoms with van der Waals surface area (Å²) in [5.41, 5.74) is 0.722. The number of hydrogen-bond acceptors (Lipinski definition) is 5. The Labute approximate surface area is 159 Å². The third-order valence-corrected chi connectivity index (χ3v) is 6.03. The molecule has 27 heavy (non-hydrogen) atoms. The fourth-order valence-corrected chi connectivity index (χ4v) is 4.79. The molecule has 5 heteroatoms. The van der Waals surface area contributed by atoms with Crippen molar-refractivity contribution in [3.05, 3.63) is 48.0 Å². The van der Waals surface area contributed by atoms with Crippen molar-refractivity contribution in [3.63, 3.8) is 0 Å². The zero-order valence-corrected chi connectivity index (χ0v) is 15.8. The molecule has 1 aliphatic carbocycles. The lowest BCUT2D eigenvalue weighted by molar-refractivity contribution is -0.270. The van der Waals surface area contributed by atoms with E-state index in [0.29, 0.717) is 6.61 Å². The van der Waals surface area contributed by atoms with Gasteiger partial charge in [0.15, 0.2) is 12.1 Å². The molecule has 5 nitrogen and oxygen atoms in total. The summed E-state index contributed by atoms with van der Waals surface area (Å²) in [6.45, 7) is 4.49. The second-order valence-electron chi connectivity index (χ2n) is 8.52. The van der Waals surface area contributed by atoms with Crippen LogP contribution in [0.3, 0.4) is 0 Å². The molecule has 144 valence electrons. The highest BCUT2D eigenvalue weighted by molar-refractivity contribution is 5.82. The number of ether oxygens (including phenoxy) is 4. The Bertz CT molecular complexity index is 841. The Morgan fingerprint density at radius 1 is 1.04 bits per heavy atom. The van der Waals surface area contributed by atoms with Crippen molar-refractivity contribution in [2.45, 2.75) is 63.2 Å². The molecule has 1 spiro atoms. The smallest absolute Gasteiger partial charge is 0.190 e. The predicted molar refractivity (Wildman–Crippen MR) is 100.0 cm³/mol. The number of aliphatic hydroxyl groups excluding tert-OH is 1. The van der Waals surface area contributed by atoms with Crippen LogP contribution in [0.15, 0.2) is 42.5 Å². The quantitative estimate of drug-likeness (QED) is 0.894. The molecule has 1 N–H and O–H groups in total. The Balaban J connectivity index is 1.35. The second kappa shape index (κ2) is 6.26. The van der Waals surface area contributed by atoms with E-state index >= 15 is 0 Å². The lowest BCUT2D eigenvalue weighted by Crippen LogP contribution is -2.55. The van der Waals surface area contributed by atoms with Gasteiger partial charge >= 0.3 is 0 Å². The van der Waals surface area contributed by atoms with E-state index in [1.165, 1.54) is 10.8 Å². The molecule has 0 amide bonds. The lowest BCUT2D eigenvalue weighted by Gasteiger charge is -2.47. The first kappa shape index (κ1) is 17.6. The molecular weight excluding hydrogens is 344 g/mol. The lowest BCUT2D eigenvalue weighted by atomic mass is 9.68. The number of rotatable bonds is 4. The van der Waals surface area contributed by atoms with Gasteiger partial charge in [0.25, 0.3) is 0 Å². The van der Waals surface area contributed by atoms with Gasteiger partial charge < -0.3 is 24.1 Å². The summed E-state index contributed by atoms with van der Waals surface area (Å²) >= 11 is 0. The van der Waals surface area contributed by atoms with Gasteiger partial charge in [0, 0.05) is 6.61 Å². The van der Waals surface area contributed by atoms with Crippen molar-refractivity contribution in [2.75, 3.05) is 6.61 Å². The zero-order chi connectivity index (χ0) is 18.6. The molecule has 3 atom stereocenters. The van der Waals surface area contributed by atoms with Gasteiger partial charge in [-0.15, -0.1) is 0 Å². The van der Waals surface area contributed by atoms with Gasteiger partial charge in [0.05, 0.1) is 6.61 Å². The van der Waals surface area contributed by atoms with E-state index in [0.717, 1.165) is 18.4 Å². The van der Waals surface area contributed by atoms with E-state index in [-0.39, 0.29) is 24.7 Å². The van der Waals surface area contributed by atoms with Crippen LogP contribution in [0.2, 0.25) is 0 Å². The van der Waals surface area contributed by atoms with Crippen LogP contribution in [0.1, 0.15) is 32.3 Å². The van der Waals surface area contributed by atoms with Gasteiger partial charge in [-0.3, -0.25) is 0 Å². The van der Waals surface area contributed by atoms with Crippen molar-refractivity contribution in [1.82, 2.24) is 0 Å². The first-order valence-corrected chi connectivity index (χ1v) is 9.72. The Kier molecular flexibility index (Phi) is 4.08. The van der Waals surface area contributed by atoms with E-state index in [9.17, 15) is 5.11 Å². The average molecular weight is 370 g/mol. The summed E-state index contributed by atoms with van der Waals surface area (Å²) < 4.78 is 24.7. The number of hydrogen-bond donors (Lipinski definition) is 1. The maximum Gasteiger partial charge on any atom is 0.190 e. The van der Waals surface area contributed by atoms with Gasteiger partial charge in [-0.2, -0.15) is 0 Å². The number of benzene rings is 2. The molecule has 0 bridgehead atoms. The molecule has 2 aromatic carbocycles. The Hall–Kier alpha value is -1.50. The maximum absolute atomic E-state index is 9.45. The predicted octanol–water partition coefficient (Wildman–Crippen LogP) is 3.37. The summed E-state index contributed by atoms with van der Waals surface area (Å²) in [5, 5.41) is 11.9. The van der Waals surface area contributed by atoms with Crippen LogP contribution in [0.25, 0.3) is 10.8 Å². The Morgan fingerprint density at radius 2 is 1.81 bits per heavy atom. The first-order valence-electron chi connectivity index (χ1n) is 9.72. The fraction of sp³-hybridized carbons (Fsp3) is 0.545. The average Bonchev–Trinajstić information content (AvgIpc) is 3.07. The minimum Gasteiger partial charge on any atom is -0.396 e. The first-order chi connectivity index (χ1) is 13.0.